The second-order valence-corrected chi connectivity index (χ2v) is 9.65. The van der Waals surface area contributed by atoms with Crippen LogP contribution < -0.4 is 9.47 Å². The topological polar surface area (TPSA) is 55.2 Å². The maximum absolute atomic E-state index is 13.6. The maximum atomic E-state index is 13.6. The fourth-order valence-corrected chi connectivity index (χ4v) is 5.00. The van der Waals surface area contributed by atoms with E-state index < -0.39 is 0 Å². The summed E-state index contributed by atoms with van der Waals surface area (Å²) in [7, 11) is 3.32. The van der Waals surface area contributed by atoms with Gasteiger partial charge in [-0.05, 0) is 59.4 Å². The van der Waals surface area contributed by atoms with E-state index in [1.54, 1.807) is 14.2 Å². The van der Waals surface area contributed by atoms with Gasteiger partial charge in [0.25, 0.3) is 5.91 Å². The van der Waals surface area contributed by atoms with Crippen molar-refractivity contribution in [3.63, 3.8) is 0 Å². The summed E-state index contributed by atoms with van der Waals surface area (Å²) in [6, 6.07) is 28.2. The van der Waals surface area contributed by atoms with E-state index in [1.165, 1.54) is 16.7 Å². The lowest BCUT2D eigenvalue weighted by Crippen LogP contribution is -2.32. The molecular weight excluding hydrogens is 476 g/mol. The highest BCUT2D eigenvalue weighted by Gasteiger charge is 2.23. The third kappa shape index (κ3) is 6.09. The summed E-state index contributed by atoms with van der Waals surface area (Å²) < 4.78 is 17.1. The molecule has 5 rings (SSSR count). The van der Waals surface area contributed by atoms with Gasteiger partial charge in [-0.2, -0.15) is 0 Å². The van der Waals surface area contributed by atoms with Gasteiger partial charge in [-0.15, -0.1) is 0 Å². The van der Waals surface area contributed by atoms with Crippen LogP contribution >= 0.6 is 0 Å². The fraction of sp³-hybridized carbons (Fsp3) is 0.281. The molecule has 1 amide bonds. The third-order valence-electron chi connectivity index (χ3n) is 7.07. The second kappa shape index (κ2) is 12.0. The zero-order chi connectivity index (χ0) is 26.3. The minimum Gasteiger partial charge on any atom is -0.493 e. The Morgan fingerprint density at radius 3 is 2.21 bits per heavy atom. The minimum absolute atomic E-state index is 0.0862. The minimum atomic E-state index is -0.0862. The van der Waals surface area contributed by atoms with Crippen LogP contribution in [0.15, 0.2) is 89.3 Å². The first-order chi connectivity index (χ1) is 18.6. The van der Waals surface area contributed by atoms with E-state index in [0.717, 1.165) is 48.8 Å². The quantitative estimate of drug-likeness (QED) is 0.272. The molecule has 0 N–H and O–H groups in total. The number of fused-ring (bicyclic) bond motifs is 1. The molecule has 0 atom stereocenters. The number of carbonyl (C=O) groups excluding carboxylic acids is 1. The van der Waals surface area contributed by atoms with Crippen molar-refractivity contribution in [2.75, 3.05) is 27.3 Å². The standard InChI is InChI=1S/C32H34N2O4/c1-36-30-19-26-16-17-33(22-27(26)20-31(30)37-2)23-28-13-14-29(38-28)32(35)34(21-25-11-7-4-8-12-25)18-15-24-9-5-3-6-10-24/h3-14,19-20H,15-18,21-23H2,1-2H3. The Labute approximate surface area is 224 Å². The van der Waals surface area contributed by atoms with Gasteiger partial charge >= 0.3 is 0 Å². The summed E-state index contributed by atoms with van der Waals surface area (Å²) in [5.41, 5.74) is 4.81. The summed E-state index contributed by atoms with van der Waals surface area (Å²) in [5.74, 6) is 2.60. The van der Waals surface area contributed by atoms with E-state index in [-0.39, 0.29) is 5.91 Å². The molecule has 1 aromatic heterocycles. The molecule has 196 valence electrons. The number of furan rings is 1. The average molecular weight is 511 g/mol. The number of ether oxygens (including phenoxy) is 2. The molecule has 1 aliphatic rings. The summed E-state index contributed by atoms with van der Waals surface area (Å²) >= 11 is 0. The molecule has 3 aromatic carbocycles. The highest BCUT2D eigenvalue weighted by Crippen LogP contribution is 2.33. The predicted octanol–water partition coefficient (Wildman–Crippen LogP) is 5.74. The lowest BCUT2D eigenvalue weighted by Gasteiger charge is -2.28. The van der Waals surface area contributed by atoms with Crippen molar-refractivity contribution in [1.82, 2.24) is 9.80 Å². The lowest BCUT2D eigenvalue weighted by molar-refractivity contribution is 0.0708. The first-order valence-corrected chi connectivity index (χ1v) is 13.0. The lowest BCUT2D eigenvalue weighted by atomic mass is 9.98. The molecule has 0 radical (unpaired) electrons. The average Bonchev–Trinajstić information content (AvgIpc) is 3.43. The highest BCUT2D eigenvalue weighted by molar-refractivity contribution is 5.91. The molecule has 0 fully saturated rings. The van der Waals surface area contributed by atoms with E-state index in [1.807, 2.05) is 53.4 Å². The maximum Gasteiger partial charge on any atom is 0.289 e. The van der Waals surface area contributed by atoms with Gasteiger partial charge in [0.05, 0.1) is 20.8 Å². The van der Waals surface area contributed by atoms with Crippen LogP contribution in [0.25, 0.3) is 0 Å². The molecule has 0 saturated carbocycles. The van der Waals surface area contributed by atoms with Crippen molar-refractivity contribution in [2.24, 2.45) is 0 Å². The van der Waals surface area contributed by atoms with Crippen LogP contribution in [0.2, 0.25) is 0 Å². The Hall–Kier alpha value is -4.03. The van der Waals surface area contributed by atoms with Crippen LogP contribution in [-0.2, 0) is 32.5 Å². The molecule has 0 spiro atoms. The highest BCUT2D eigenvalue weighted by atomic mass is 16.5. The first-order valence-electron chi connectivity index (χ1n) is 13.0. The normalized spacial score (nSPS) is 13.1. The third-order valence-corrected chi connectivity index (χ3v) is 7.07. The van der Waals surface area contributed by atoms with Gasteiger partial charge in [-0.3, -0.25) is 9.69 Å². The van der Waals surface area contributed by atoms with E-state index in [2.05, 4.69) is 41.3 Å². The van der Waals surface area contributed by atoms with Gasteiger partial charge in [0.2, 0.25) is 0 Å². The molecule has 0 unspecified atom stereocenters. The number of hydrogen-bond donors (Lipinski definition) is 0. The van der Waals surface area contributed by atoms with Crippen molar-refractivity contribution >= 4 is 5.91 Å². The van der Waals surface area contributed by atoms with Gasteiger partial charge < -0.3 is 18.8 Å². The number of nitrogens with zero attached hydrogens (tertiary/aromatic N) is 2. The van der Waals surface area contributed by atoms with Crippen LogP contribution in [-0.4, -0.2) is 43.0 Å². The molecule has 6 heteroatoms. The van der Waals surface area contributed by atoms with Crippen LogP contribution in [0.5, 0.6) is 11.5 Å². The Kier molecular flexibility index (Phi) is 8.09. The van der Waals surface area contributed by atoms with E-state index in [0.29, 0.717) is 25.4 Å². The Bertz CT molecular complexity index is 1350. The van der Waals surface area contributed by atoms with Crippen LogP contribution in [0, 0.1) is 0 Å². The number of carbonyl (C=O) groups is 1. The van der Waals surface area contributed by atoms with Gasteiger partial charge in [0.15, 0.2) is 17.3 Å². The Balaban J connectivity index is 1.27. The van der Waals surface area contributed by atoms with Gasteiger partial charge in [0.1, 0.15) is 5.76 Å². The molecule has 6 nitrogen and oxygen atoms in total. The van der Waals surface area contributed by atoms with Crippen molar-refractivity contribution in [3.05, 3.63) is 119 Å². The zero-order valence-electron chi connectivity index (χ0n) is 22.1. The van der Waals surface area contributed by atoms with Crippen molar-refractivity contribution in [2.45, 2.75) is 32.5 Å². The Morgan fingerprint density at radius 1 is 0.868 bits per heavy atom. The first kappa shape index (κ1) is 25.6. The summed E-state index contributed by atoms with van der Waals surface area (Å²) in [5, 5.41) is 0. The summed E-state index contributed by atoms with van der Waals surface area (Å²) in [4.78, 5) is 17.8. The summed E-state index contributed by atoms with van der Waals surface area (Å²) in [6.45, 7) is 3.49. The smallest absolute Gasteiger partial charge is 0.289 e. The Morgan fingerprint density at radius 2 is 1.53 bits per heavy atom. The van der Waals surface area contributed by atoms with Gasteiger partial charge in [-0.25, -0.2) is 0 Å². The van der Waals surface area contributed by atoms with Gasteiger partial charge in [-0.1, -0.05) is 60.7 Å². The van der Waals surface area contributed by atoms with Crippen LogP contribution in [0.1, 0.15) is 38.6 Å². The number of amides is 1. The van der Waals surface area contributed by atoms with Crippen LogP contribution in [0.4, 0.5) is 0 Å². The second-order valence-electron chi connectivity index (χ2n) is 9.65. The van der Waals surface area contributed by atoms with E-state index in [4.69, 9.17) is 13.9 Å². The number of hydrogen-bond acceptors (Lipinski definition) is 5. The SMILES string of the molecule is COc1cc2c(cc1OC)CN(Cc1ccc(C(=O)N(CCc3ccccc3)Cc3ccccc3)o1)CC2. The monoisotopic (exact) mass is 510 g/mol. The molecule has 0 bridgehead atoms. The van der Waals surface area contributed by atoms with Crippen molar-refractivity contribution in [1.29, 1.82) is 0 Å². The fourth-order valence-electron chi connectivity index (χ4n) is 5.00. The van der Waals surface area contributed by atoms with Gasteiger partial charge in [0, 0.05) is 26.2 Å². The molecular formula is C32H34N2O4. The molecule has 38 heavy (non-hydrogen) atoms. The van der Waals surface area contributed by atoms with Crippen LogP contribution in [0.3, 0.4) is 0 Å². The largest absolute Gasteiger partial charge is 0.493 e. The molecule has 0 aliphatic carbocycles. The number of benzene rings is 3. The van der Waals surface area contributed by atoms with Crippen molar-refractivity contribution < 1.29 is 18.7 Å². The molecule has 4 aromatic rings. The number of methoxy groups -OCH3 is 2. The summed E-state index contributed by atoms with van der Waals surface area (Å²) in [6.07, 6.45) is 1.71. The zero-order valence-corrected chi connectivity index (χ0v) is 22.1. The van der Waals surface area contributed by atoms with E-state index in [9.17, 15) is 4.79 Å². The molecule has 2 heterocycles. The molecule has 1 aliphatic heterocycles. The van der Waals surface area contributed by atoms with Crippen molar-refractivity contribution in [3.8, 4) is 11.5 Å². The van der Waals surface area contributed by atoms with E-state index >= 15 is 0 Å². The number of rotatable bonds is 10. The molecule has 0 saturated heterocycles. The predicted molar refractivity (Wildman–Crippen MR) is 147 cm³/mol.